The SMILES string of the molecule is c1ccc(-c2nc(-c3ccc(-c4cccnc4)cc3)nc(-c3ccc4c(c3)C(c3ccccc3)(c3ccccc3)c3ccccc3-4)n2)cc1. The molecule has 0 saturated heterocycles. The van der Waals surface area contributed by atoms with Crippen molar-refractivity contribution >= 4 is 0 Å². The average molecular weight is 627 g/mol. The topological polar surface area (TPSA) is 51.6 Å². The molecule has 0 bridgehead atoms. The summed E-state index contributed by atoms with van der Waals surface area (Å²) < 4.78 is 0. The van der Waals surface area contributed by atoms with Crippen LogP contribution in [0.5, 0.6) is 0 Å². The Kier molecular flexibility index (Phi) is 6.98. The zero-order chi connectivity index (χ0) is 32.6. The molecule has 6 aromatic carbocycles. The van der Waals surface area contributed by atoms with Crippen LogP contribution in [0.3, 0.4) is 0 Å². The first-order valence-electron chi connectivity index (χ1n) is 16.5. The van der Waals surface area contributed by atoms with E-state index >= 15 is 0 Å². The zero-order valence-corrected chi connectivity index (χ0v) is 26.6. The highest BCUT2D eigenvalue weighted by molar-refractivity contribution is 5.88. The molecule has 8 aromatic rings. The maximum atomic E-state index is 5.14. The molecule has 0 aliphatic heterocycles. The average Bonchev–Trinajstić information content (AvgIpc) is 3.49. The van der Waals surface area contributed by atoms with Crippen molar-refractivity contribution in [2.24, 2.45) is 0 Å². The quantitative estimate of drug-likeness (QED) is 0.184. The minimum Gasteiger partial charge on any atom is -0.264 e. The molecule has 0 fully saturated rings. The summed E-state index contributed by atoms with van der Waals surface area (Å²) in [6.07, 6.45) is 3.66. The van der Waals surface area contributed by atoms with Gasteiger partial charge in [0, 0.05) is 29.1 Å². The van der Waals surface area contributed by atoms with Gasteiger partial charge in [-0.25, -0.2) is 15.0 Å². The maximum Gasteiger partial charge on any atom is 0.164 e. The number of nitrogens with zero attached hydrogens (tertiary/aromatic N) is 4. The van der Waals surface area contributed by atoms with Crippen LogP contribution in [0.2, 0.25) is 0 Å². The first kappa shape index (κ1) is 28.7. The predicted molar refractivity (Wildman–Crippen MR) is 197 cm³/mol. The molecule has 9 rings (SSSR count). The van der Waals surface area contributed by atoms with Gasteiger partial charge in [0.2, 0.25) is 0 Å². The van der Waals surface area contributed by atoms with Crippen LogP contribution in [-0.2, 0) is 5.41 Å². The Morgan fingerprint density at radius 3 is 1.47 bits per heavy atom. The van der Waals surface area contributed by atoms with E-state index in [2.05, 4.69) is 138 Å². The van der Waals surface area contributed by atoms with Crippen molar-refractivity contribution in [2.75, 3.05) is 0 Å². The van der Waals surface area contributed by atoms with E-state index in [1.165, 1.54) is 33.4 Å². The van der Waals surface area contributed by atoms with Gasteiger partial charge in [-0.3, -0.25) is 4.98 Å². The zero-order valence-electron chi connectivity index (χ0n) is 26.6. The number of fused-ring (bicyclic) bond motifs is 3. The lowest BCUT2D eigenvalue weighted by Crippen LogP contribution is -2.28. The van der Waals surface area contributed by atoms with Crippen LogP contribution in [0.1, 0.15) is 22.3 Å². The van der Waals surface area contributed by atoms with E-state index in [0.29, 0.717) is 17.5 Å². The van der Waals surface area contributed by atoms with Crippen molar-refractivity contribution < 1.29 is 0 Å². The Balaban J connectivity index is 1.25. The molecule has 230 valence electrons. The van der Waals surface area contributed by atoms with Gasteiger partial charge in [-0.15, -0.1) is 0 Å². The van der Waals surface area contributed by atoms with E-state index in [-0.39, 0.29) is 0 Å². The number of benzene rings is 6. The fraction of sp³-hybridized carbons (Fsp3) is 0.0222. The summed E-state index contributed by atoms with van der Waals surface area (Å²) in [5.74, 6) is 1.90. The largest absolute Gasteiger partial charge is 0.264 e. The van der Waals surface area contributed by atoms with Crippen molar-refractivity contribution in [1.29, 1.82) is 0 Å². The van der Waals surface area contributed by atoms with Gasteiger partial charge in [0.15, 0.2) is 17.5 Å². The number of hydrogen-bond acceptors (Lipinski definition) is 4. The molecule has 1 aliphatic carbocycles. The minimum atomic E-state index is -0.509. The first-order chi connectivity index (χ1) is 24.3. The molecule has 4 nitrogen and oxygen atoms in total. The molecule has 0 radical (unpaired) electrons. The Morgan fingerprint density at radius 2 is 0.837 bits per heavy atom. The normalized spacial score (nSPS) is 12.7. The number of aromatic nitrogens is 4. The summed E-state index contributed by atoms with van der Waals surface area (Å²) in [6, 6.07) is 59.7. The Labute approximate surface area is 285 Å². The van der Waals surface area contributed by atoms with Crippen LogP contribution in [0.4, 0.5) is 0 Å². The molecule has 0 spiro atoms. The van der Waals surface area contributed by atoms with Gasteiger partial charge in [-0.2, -0.15) is 0 Å². The van der Waals surface area contributed by atoms with Gasteiger partial charge < -0.3 is 0 Å². The molecule has 1 aliphatic rings. The summed E-state index contributed by atoms with van der Waals surface area (Å²) in [7, 11) is 0. The van der Waals surface area contributed by atoms with E-state index in [1.807, 2.05) is 42.6 Å². The van der Waals surface area contributed by atoms with Gasteiger partial charge in [-0.1, -0.05) is 158 Å². The fourth-order valence-corrected chi connectivity index (χ4v) is 7.28. The lowest BCUT2D eigenvalue weighted by Gasteiger charge is -2.34. The summed E-state index contributed by atoms with van der Waals surface area (Å²) >= 11 is 0. The Bertz CT molecular complexity index is 2370. The third kappa shape index (κ3) is 4.85. The van der Waals surface area contributed by atoms with Crippen LogP contribution in [0.15, 0.2) is 182 Å². The van der Waals surface area contributed by atoms with Crippen LogP contribution >= 0.6 is 0 Å². The second kappa shape index (κ2) is 11.9. The molecule has 0 N–H and O–H groups in total. The summed E-state index contributed by atoms with van der Waals surface area (Å²) in [5.41, 5.74) is 11.8. The van der Waals surface area contributed by atoms with E-state index in [1.54, 1.807) is 6.20 Å². The van der Waals surface area contributed by atoms with Crippen molar-refractivity contribution in [3.8, 4) is 56.4 Å². The van der Waals surface area contributed by atoms with Crippen LogP contribution < -0.4 is 0 Å². The molecular formula is C45H30N4. The fourth-order valence-electron chi connectivity index (χ4n) is 7.28. The molecule has 49 heavy (non-hydrogen) atoms. The van der Waals surface area contributed by atoms with Gasteiger partial charge in [0.05, 0.1) is 5.41 Å². The summed E-state index contributed by atoms with van der Waals surface area (Å²) in [4.78, 5) is 19.5. The molecular weight excluding hydrogens is 597 g/mol. The molecule has 0 amide bonds. The first-order valence-corrected chi connectivity index (χ1v) is 16.5. The van der Waals surface area contributed by atoms with Gasteiger partial charge in [0.1, 0.15) is 0 Å². The third-order valence-electron chi connectivity index (χ3n) is 9.52. The van der Waals surface area contributed by atoms with E-state index in [9.17, 15) is 0 Å². The summed E-state index contributed by atoms with van der Waals surface area (Å²) in [6.45, 7) is 0. The number of pyridine rings is 1. The van der Waals surface area contributed by atoms with Crippen LogP contribution in [0, 0.1) is 0 Å². The number of rotatable bonds is 6. The van der Waals surface area contributed by atoms with E-state index in [0.717, 1.165) is 27.8 Å². The van der Waals surface area contributed by atoms with Crippen molar-refractivity contribution in [2.45, 2.75) is 5.41 Å². The van der Waals surface area contributed by atoms with Gasteiger partial charge >= 0.3 is 0 Å². The number of hydrogen-bond donors (Lipinski definition) is 0. The molecule has 0 atom stereocenters. The monoisotopic (exact) mass is 626 g/mol. The maximum absolute atomic E-state index is 5.14. The molecule has 2 heterocycles. The van der Waals surface area contributed by atoms with Crippen LogP contribution in [-0.4, -0.2) is 19.9 Å². The van der Waals surface area contributed by atoms with E-state index in [4.69, 9.17) is 15.0 Å². The molecule has 2 aromatic heterocycles. The second-order valence-electron chi connectivity index (χ2n) is 12.3. The van der Waals surface area contributed by atoms with E-state index < -0.39 is 5.41 Å². The Morgan fingerprint density at radius 1 is 0.347 bits per heavy atom. The smallest absolute Gasteiger partial charge is 0.164 e. The summed E-state index contributed by atoms with van der Waals surface area (Å²) in [5, 5.41) is 0. The second-order valence-corrected chi connectivity index (χ2v) is 12.3. The highest BCUT2D eigenvalue weighted by Gasteiger charge is 2.46. The van der Waals surface area contributed by atoms with Crippen molar-refractivity contribution in [3.05, 3.63) is 205 Å². The Hall–Kier alpha value is -6.52. The molecule has 0 unspecified atom stereocenters. The standard InChI is InChI=1S/C45H30N4/c1-4-13-32(14-5-1)42-47-43(33-24-22-31(23-25-33)35-15-12-28-46-30-35)49-44(48-42)34-26-27-39-38-20-10-11-21-40(38)45(41(39)29-34,36-16-6-2-7-17-36)37-18-8-3-9-19-37/h1-30H. The van der Waals surface area contributed by atoms with Crippen LogP contribution in [0.25, 0.3) is 56.4 Å². The lowest BCUT2D eigenvalue weighted by molar-refractivity contribution is 0.768. The van der Waals surface area contributed by atoms with Gasteiger partial charge in [0.25, 0.3) is 0 Å². The van der Waals surface area contributed by atoms with Crippen molar-refractivity contribution in [3.63, 3.8) is 0 Å². The third-order valence-corrected chi connectivity index (χ3v) is 9.52. The minimum absolute atomic E-state index is 0.509. The highest BCUT2D eigenvalue weighted by atomic mass is 15.0. The molecule has 0 saturated carbocycles. The lowest BCUT2D eigenvalue weighted by atomic mass is 9.67. The predicted octanol–water partition coefficient (Wildman–Crippen LogP) is 10.3. The van der Waals surface area contributed by atoms with Gasteiger partial charge in [-0.05, 0) is 56.6 Å². The highest BCUT2D eigenvalue weighted by Crippen LogP contribution is 2.56. The molecule has 4 heteroatoms. The van der Waals surface area contributed by atoms with Crippen molar-refractivity contribution in [1.82, 2.24) is 19.9 Å².